The highest BCUT2D eigenvalue weighted by Crippen LogP contribution is 2.24. The fourth-order valence-corrected chi connectivity index (χ4v) is 1.92. The van der Waals surface area contributed by atoms with E-state index < -0.39 is 0 Å². The predicted molar refractivity (Wildman–Crippen MR) is 65.4 cm³/mol. The zero-order valence-corrected chi connectivity index (χ0v) is 10.3. The molecule has 2 heterocycles. The average molecular weight is 318 g/mol. The number of pyridine rings is 1. The van der Waals surface area contributed by atoms with E-state index in [9.17, 15) is 0 Å². The van der Waals surface area contributed by atoms with E-state index in [1.54, 1.807) is 0 Å². The zero-order valence-electron chi connectivity index (χ0n) is 7.36. The van der Waals surface area contributed by atoms with E-state index in [1.165, 1.54) is 11.3 Å². The Balaban J connectivity index is 2.34. The summed E-state index contributed by atoms with van der Waals surface area (Å²) < 4.78 is 1.12. The first-order valence-corrected chi connectivity index (χ1v) is 5.82. The van der Waals surface area contributed by atoms with E-state index in [0.717, 1.165) is 19.4 Å². The van der Waals surface area contributed by atoms with E-state index in [1.807, 2.05) is 25.4 Å². The van der Waals surface area contributed by atoms with Crippen molar-refractivity contribution in [3.63, 3.8) is 0 Å². The molecule has 0 aromatic carbocycles. The normalized spacial score (nSPS) is 10.1. The molecule has 14 heavy (non-hydrogen) atoms. The van der Waals surface area contributed by atoms with Gasteiger partial charge in [0.15, 0.2) is 5.01 Å². The van der Waals surface area contributed by atoms with Crippen LogP contribution in [0.1, 0.15) is 0 Å². The van der Waals surface area contributed by atoms with Crippen molar-refractivity contribution in [2.24, 2.45) is 0 Å². The standard InChI is InChI=1S/C8H7IN4S/c1-10-8-13-12-7(14-8)6-3-2-5(9)4-11-6/h2-4H,1H3,(H,10,13). The van der Waals surface area contributed by atoms with Gasteiger partial charge in [-0.25, -0.2) is 0 Å². The molecule has 0 bridgehead atoms. The topological polar surface area (TPSA) is 50.7 Å². The molecule has 0 fully saturated rings. The fourth-order valence-electron chi connectivity index (χ4n) is 0.930. The Morgan fingerprint density at radius 2 is 2.21 bits per heavy atom. The molecular weight excluding hydrogens is 311 g/mol. The lowest BCUT2D eigenvalue weighted by atomic mass is 10.4. The van der Waals surface area contributed by atoms with Crippen molar-refractivity contribution in [3.8, 4) is 10.7 Å². The van der Waals surface area contributed by atoms with Gasteiger partial charge in [0.25, 0.3) is 0 Å². The molecule has 0 aliphatic heterocycles. The van der Waals surface area contributed by atoms with Gasteiger partial charge in [0.1, 0.15) is 5.69 Å². The smallest absolute Gasteiger partial charge is 0.205 e. The van der Waals surface area contributed by atoms with Crippen LogP contribution in [0.5, 0.6) is 0 Å². The third kappa shape index (κ3) is 2.01. The van der Waals surface area contributed by atoms with Gasteiger partial charge in [-0.05, 0) is 34.7 Å². The van der Waals surface area contributed by atoms with Gasteiger partial charge < -0.3 is 5.32 Å². The lowest BCUT2D eigenvalue weighted by Crippen LogP contribution is -1.84. The maximum Gasteiger partial charge on any atom is 0.205 e. The van der Waals surface area contributed by atoms with Crippen LogP contribution >= 0.6 is 33.9 Å². The first kappa shape index (κ1) is 9.78. The van der Waals surface area contributed by atoms with Crippen molar-refractivity contribution in [1.29, 1.82) is 0 Å². The number of aromatic nitrogens is 3. The summed E-state index contributed by atoms with van der Waals surface area (Å²) in [7, 11) is 1.83. The number of hydrogen-bond acceptors (Lipinski definition) is 5. The van der Waals surface area contributed by atoms with Gasteiger partial charge >= 0.3 is 0 Å². The second-order valence-corrected chi connectivity index (χ2v) is 4.75. The minimum atomic E-state index is 0.806. The van der Waals surface area contributed by atoms with Crippen molar-refractivity contribution >= 4 is 39.1 Å². The molecule has 72 valence electrons. The molecule has 0 unspecified atom stereocenters. The summed E-state index contributed by atoms with van der Waals surface area (Å²) >= 11 is 3.71. The molecule has 2 aromatic rings. The summed E-state index contributed by atoms with van der Waals surface area (Å²) in [5, 5.41) is 12.6. The summed E-state index contributed by atoms with van der Waals surface area (Å²) in [5.74, 6) is 0. The van der Waals surface area contributed by atoms with Crippen LogP contribution < -0.4 is 5.32 Å². The van der Waals surface area contributed by atoms with Gasteiger partial charge in [0.2, 0.25) is 5.13 Å². The number of nitrogens with zero attached hydrogens (tertiary/aromatic N) is 3. The van der Waals surface area contributed by atoms with Crippen LogP contribution in [0.25, 0.3) is 10.7 Å². The van der Waals surface area contributed by atoms with E-state index in [0.29, 0.717) is 0 Å². The molecule has 4 nitrogen and oxygen atoms in total. The molecule has 2 aromatic heterocycles. The van der Waals surface area contributed by atoms with E-state index >= 15 is 0 Å². The fraction of sp³-hybridized carbons (Fsp3) is 0.125. The highest BCUT2D eigenvalue weighted by molar-refractivity contribution is 14.1. The zero-order chi connectivity index (χ0) is 9.97. The SMILES string of the molecule is CNc1nnc(-c2ccc(I)cn2)s1. The third-order valence-electron chi connectivity index (χ3n) is 1.59. The third-order valence-corrected chi connectivity index (χ3v) is 3.19. The number of rotatable bonds is 2. The second kappa shape index (κ2) is 4.18. The van der Waals surface area contributed by atoms with Crippen molar-refractivity contribution < 1.29 is 0 Å². The largest absolute Gasteiger partial charge is 0.363 e. The van der Waals surface area contributed by atoms with Gasteiger partial charge in [-0.2, -0.15) is 0 Å². The summed E-state index contributed by atoms with van der Waals surface area (Å²) in [4.78, 5) is 4.27. The van der Waals surface area contributed by atoms with Crippen LogP contribution in [0.4, 0.5) is 5.13 Å². The number of hydrogen-bond donors (Lipinski definition) is 1. The number of nitrogens with one attached hydrogen (secondary N) is 1. The summed E-state index contributed by atoms with van der Waals surface area (Å²) in [6.45, 7) is 0. The van der Waals surface area contributed by atoms with Crippen LogP contribution in [-0.4, -0.2) is 22.2 Å². The predicted octanol–water partition coefficient (Wildman–Crippen LogP) is 2.25. The Morgan fingerprint density at radius 3 is 2.79 bits per heavy atom. The highest BCUT2D eigenvalue weighted by atomic mass is 127. The van der Waals surface area contributed by atoms with Crippen LogP contribution in [0.15, 0.2) is 18.3 Å². The first-order chi connectivity index (χ1) is 6.79. The Labute approximate surface area is 98.9 Å². The molecule has 1 N–H and O–H groups in total. The summed E-state index contributed by atoms with van der Waals surface area (Å²) in [6.07, 6.45) is 1.82. The molecule has 0 radical (unpaired) electrons. The molecule has 0 aliphatic rings. The summed E-state index contributed by atoms with van der Waals surface area (Å²) in [6, 6.07) is 3.95. The minimum Gasteiger partial charge on any atom is -0.363 e. The average Bonchev–Trinajstić information content (AvgIpc) is 2.67. The first-order valence-electron chi connectivity index (χ1n) is 3.93. The molecular formula is C8H7IN4S. The van der Waals surface area contributed by atoms with Crippen LogP contribution in [0.3, 0.4) is 0 Å². The quantitative estimate of drug-likeness (QED) is 0.863. The van der Waals surface area contributed by atoms with E-state index in [-0.39, 0.29) is 0 Å². The Hall–Kier alpha value is -0.760. The Bertz CT molecular complexity index is 425. The van der Waals surface area contributed by atoms with Crippen LogP contribution in [0, 0.1) is 3.57 Å². The second-order valence-electron chi connectivity index (χ2n) is 2.52. The van der Waals surface area contributed by atoms with Gasteiger partial charge in [-0.3, -0.25) is 4.98 Å². The van der Waals surface area contributed by atoms with Gasteiger partial charge in [0, 0.05) is 16.8 Å². The maximum absolute atomic E-state index is 4.27. The number of anilines is 1. The molecule has 0 aliphatic carbocycles. The van der Waals surface area contributed by atoms with E-state index in [2.05, 4.69) is 43.1 Å². The van der Waals surface area contributed by atoms with Crippen molar-refractivity contribution in [3.05, 3.63) is 21.9 Å². The monoisotopic (exact) mass is 318 g/mol. The molecule has 0 atom stereocenters. The van der Waals surface area contributed by atoms with Crippen molar-refractivity contribution in [2.45, 2.75) is 0 Å². The molecule has 0 saturated heterocycles. The molecule has 0 amide bonds. The highest BCUT2D eigenvalue weighted by Gasteiger charge is 2.05. The van der Waals surface area contributed by atoms with Crippen molar-refractivity contribution in [2.75, 3.05) is 12.4 Å². The molecule has 2 rings (SSSR count). The Morgan fingerprint density at radius 1 is 1.36 bits per heavy atom. The minimum absolute atomic E-state index is 0.806. The van der Waals surface area contributed by atoms with Crippen LogP contribution in [0.2, 0.25) is 0 Å². The molecule has 6 heteroatoms. The number of halogens is 1. The van der Waals surface area contributed by atoms with E-state index in [4.69, 9.17) is 0 Å². The summed E-state index contributed by atoms with van der Waals surface area (Å²) in [5.41, 5.74) is 0.865. The molecule has 0 spiro atoms. The Kier molecular flexibility index (Phi) is 2.92. The molecule has 0 saturated carbocycles. The van der Waals surface area contributed by atoms with Gasteiger partial charge in [-0.15, -0.1) is 10.2 Å². The maximum atomic E-state index is 4.27. The lowest BCUT2D eigenvalue weighted by molar-refractivity contribution is 1.08. The van der Waals surface area contributed by atoms with Gasteiger partial charge in [0.05, 0.1) is 0 Å². The van der Waals surface area contributed by atoms with Gasteiger partial charge in [-0.1, -0.05) is 11.3 Å². The lowest BCUT2D eigenvalue weighted by Gasteiger charge is -1.93. The van der Waals surface area contributed by atoms with Crippen molar-refractivity contribution in [1.82, 2.24) is 15.2 Å². The van der Waals surface area contributed by atoms with Crippen LogP contribution in [-0.2, 0) is 0 Å².